The number of hydrogen-bond acceptors (Lipinski definition) is 4. The van der Waals surface area contributed by atoms with Gasteiger partial charge in [-0.25, -0.2) is 0 Å². The highest BCUT2D eigenvalue weighted by Gasteiger charge is 2.38. The van der Waals surface area contributed by atoms with Gasteiger partial charge in [0.2, 0.25) is 5.91 Å². The van der Waals surface area contributed by atoms with Gasteiger partial charge in [0.05, 0.1) is 26.5 Å². The zero-order chi connectivity index (χ0) is 18.8. The SMILES string of the molecule is COc1ccc(CN2C(=O)[C@@H](NC(C)=O)c3cccc(C)c32)cc1OC. The van der Waals surface area contributed by atoms with Crippen molar-refractivity contribution in [1.82, 2.24) is 5.32 Å². The topological polar surface area (TPSA) is 67.9 Å². The average Bonchev–Trinajstić information content (AvgIpc) is 2.88. The van der Waals surface area contributed by atoms with E-state index in [0.717, 1.165) is 22.4 Å². The molecule has 1 atom stereocenters. The number of anilines is 1. The van der Waals surface area contributed by atoms with Gasteiger partial charge in [0.25, 0.3) is 5.91 Å². The Morgan fingerprint density at radius 1 is 1.15 bits per heavy atom. The predicted octanol–water partition coefficient (Wildman–Crippen LogP) is 2.74. The first-order chi connectivity index (χ1) is 12.5. The van der Waals surface area contributed by atoms with E-state index < -0.39 is 6.04 Å². The Morgan fingerprint density at radius 3 is 2.54 bits per heavy atom. The van der Waals surface area contributed by atoms with Crippen LogP contribution in [-0.2, 0) is 16.1 Å². The Morgan fingerprint density at radius 2 is 1.88 bits per heavy atom. The van der Waals surface area contributed by atoms with Crippen LogP contribution in [-0.4, -0.2) is 26.0 Å². The van der Waals surface area contributed by atoms with Crippen molar-refractivity contribution < 1.29 is 19.1 Å². The van der Waals surface area contributed by atoms with Gasteiger partial charge in [-0.2, -0.15) is 0 Å². The summed E-state index contributed by atoms with van der Waals surface area (Å²) in [6, 6.07) is 10.7. The molecule has 0 aliphatic carbocycles. The van der Waals surface area contributed by atoms with Gasteiger partial charge in [0.15, 0.2) is 11.5 Å². The van der Waals surface area contributed by atoms with Crippen molar-refractivity contribution in [3.63, 3.8) is 0 Å². The van der Waals surface area contributed by atoms with Crippen molar-refractivity contribution in [3.05, 3.63) is 53.1 Å². The van der Waals surface area contributed by atoms with E-state index in [4.69, 9.17) is 9.47 Å². The van der Waals surface area contributed by atoms with Crippen LogP contribution in [0.1, 0.15) is 29.7 Å². The van der Waals surface area contributed by atoms with Gasteiger partial charge < -0.3 is 19.7 Å². The maximum atomic E-state index is 13.0. The number of amides is 2. The molecule has 6 heteroatoms. The molecular weight excluding hydrogens is 332 g/mol. The van der Waals surface area contributed by atoms with Crippen molar-refractivity contribution in [2.45, 2.75) is 26.4 Å². The Bertz CT molecular complexity index is 863. The molecule has 6 nitrogen and oxygen atoms in total. The quantitative estimate of drug-likeness (QED) is 0.896. The molecular formula is C20H22N2O4. The molecule has 0 aromatic heterocycles. The van der Waals surface area contributed by atoms with Crippen LogP contribution in [0.15, 0.2) is 36.4 Å². The van der Waals surface area contributed by atoms with Gasteiger partial charge >= 0.3 is 0 Å². The van der Waals surface area contributed by atoms with Crippen LogP contribution < -0.4 is 19.7 Å². The number of rotatable bonds is 5. The van der Waals surface area contributed by atoms with Gasteiger partial charge in [-0.15, -0.1) is 0 Å². The van der Waals surface area contributed by atoms with Crippen LogP contribution >= 0.6 is 0 Å². The smallest absolute Gasteiger partial charge is 0.254 e. The largest absolute Gasteiger partial charge is 0.493 e. The van der Waals surface area contributed by atoms with E-state index in [2.05, 4.69) is 5.32 Å². The number of carbonyl (C=O) groups excluding carboxylic acids is 2. The fourth-order valence-corrected chi connectivity index (χ4v) is 3.34. The number of carbonyl (C=O) groups is 2. The predicted molar refractivity (Wildman–Crippen MR) is 98.5 cm³/mol. The van der Waals surface area contributed by atoms with Crippen LogP contribution in [0, 0.1) is 6.92 Å². The first-order valence-electron chi connectivity index (χ1n) is 8.35. The lowest BCUT2D eigenvalue weighted by Gasteiger charge is -2.20. The van der Waals surface area contributed by atoms with Crippen LogP contribution in [0.5, 0.6) is 11.5 Å². The zero-order valence-corrected chi connectivity index (χ0v) is 15.3. The standard InChI is InChI=1S/C20H22N2O4/c1-12-6-5-7-15-18(21-13(2)23)20(24)22(19(12)15)11-14-8-9-16(25-3)17(10-14)26-4/h5-10,18H,11H2,1-4H3,(H,21,23)/t18-/m0/s1. The average molecular weight is 354 g/mol. The summed E-state index contributed by atoms with van der Waals surface area (Å²) in [4.78, 5) is 26.2. The molecule has 0 bridgehead atoms. The second-order valence-electron chi connectivity index (χ2n) is 6.26. The molecule has 136 valence electrons. The second kappa shape index (κ2) is 7.07. The van der Waals surface area contributed by atoms with Gasteiger partial charge in [-0.3, -0.25) is 9.59 Å². The van der Waals surface area contributed by atoms with Crippen molar-refractivity contribution >= 4 is 17.5 Å². The molecule has 0 unspecified atom stereocenters. The molecule has 2 aromatic rings. The van der Waals surface area contributed by atoms with Crippen molar-refractivity contribution in [3.8, 4) is 11.5 Å². The number of nitrogens with one attached hydrogen (secondary N) is 1. The summed E-state index contributed by atoms with van der Waals surface area (Å²) in [5.41, 5.74) is 3.58. The van der Waals surface area contributed by atoms with E-state index in [0.29, 0.717) is 18.0 Å². The van der Waals surface area contributed by atoms with Crippen LogP contribution in [0.4, 0.5) is 5.69 Å². The van der Waals surface area contributed by atoms with E-state index in [9.17, 15) is 9.59 Å². The third-order valence-electron chi connectivity index (χ3n) is 4.50. The second-order valence-corrected chi connectivity index (χ2v) is 6.26. The molecule has 0 saturated carbocycles. The monoisotopic (exact) mass is 354 g/mol. The zero-order valence-electron chi connectivity index (χ0n) is 15.3. The van der Waals surface area contributed by atoms with Crippen LogP contribution in [0.3, 0.4) is 0 Å². The molecule has 2 aromatic carbocycles. The van der Waals surface area contributed by atoms with E-state index in [1.54, 1.807) is 19.1 Å². The molecule has 1 N–H and O–H groups in total. The molecule has 0 spiro atoms. The van der Waals surface area contributed by atoms with Crippen molar-refractivity contribution in [2.75, 3.05) is 19.1 Å². The highest BCUT2D eigenvalue weighted by molar-refractivity contribution is 6.06. The molecule has 0 saturated heterocycles. The molecule has 1 heterocycles. The number of para-hydroxylation sites is 1. The summed E-state index contributed by atoms with van der Waals surface area (Å²) >= 11 is 0. The normalized spacial score (nSPS) is 15.6. The highest BCUT2D eigenvalue weighted by Crippen LogP contribution is 2.40. The molecule has 2 amide bonds. The van der Waals surface area contributed by atoms with E-state index in [1.807, 2.05) is 43.3 Å². The third-order valence-corrected chi connectivity index (χ3v) is 4.50. The Hall–Kier alpha value is -3.02. The minimum Gasteiger partial charge on any atom is -0.493 e. The van der Waals surface area contributed by atoms with Crippen LogP contribution in [0.2, 0.25) is 0 Å². The van der Waals surface area contributed by atoms with Crippen molar-refractivity contribution in [1.29, 1.82) is 0 Å². The lowest BCUT2D eigenvalue weighted by molar-refractivity contribution is -0.126. The summed E-state index contributed by atoms with van der Waals surface area (Å²) in [5, 5.41) is 2.76. The lowest BCUT2D eigenvalue weighted by Crippen LogP contribution is -2.36. The number of ether oxygens (including phenoxy) is 2. The fourth-order valence-electron chi connectivity index (χ4n) is 3.34. The Labute approximate surface area is 152 Å². The summed E-state index contributed by atoms with van der Waals surface area (Å²) in [7, 11) is 3.16. The number of hydrogen-bond donors (Lipinski definition) is 1. The minimum absolute atomic E-state index is 0.140. The molecule has 0 radical (unpaired) electrons. The van der Waals surface area contributed by atoms with E-state index >= 15 is 0 Å². The molecule has 0 fully saturated rings. The molecule has 26 heavy (non-hydrogen) atoms. The first kappa shape index (κ1) is 17.8. The third kappa shape index (κ3) is 3.10. The van der Waals surface area contributed by atoms with Crippen molar-refractivity contribution in [2.24, 2.45) is 0 Å². The maximum absolute atomic E-state index is 13.0. The number of fused-ring (bicyclic) bond motifs is 1. The number of benzene rings is 2. The highest BCUT2D eigenvalue weighted by atomic mass is 16.5. The van der Waals surface area contributed by atoms with Gasteiger partial charge in [-0.1, -0.05) is 24.3 Å². The minimum atomic E-state index is -0.650. The van der Waals surface area contributed by atoms with E-state index in [1.165, 1.54) is 6.92 Å². The Balaban J connectivity index is 1.98. The lowest BCUT2D eigenvalue weighted by atomic mass is 10.0. The van der Waals surface area contributed by atoms with E-state index in [-0.39, 0.29) is 11.8 Å². The summed E-state index contributed by atoms with van der Waals surface area (Å²) < 4.78 is 10.6. The first-order valence-corrected chi connectivity index (χ1v) is 8.35. The maximum Gasteiger partial charge on any atom is 0.254 e. The Kier molecular flexibility index (Phi) is 4.84. The summed E-state index contributed by atoms with van der Waals surface area (Å²) in [6.07, 6.45) is 0. The molecule has 1 aliphatic rings. The molecule has 3 rings (SSSR count). The molecule has 1 aliphatic heterocycles. The number of aryl methyl sites for hydroxylation is 1. The number of methoxy groups -OCH3 is 2. The summed E-state index contributed by atoms with van der Waals surface area (Å²) in [5.74, 6) is 0.875. The van der Waals surface area contributed by atoms with Gasteiger partial charge in [0, 0.05) is 12.5 Å². The van der Waals surface area contributed by atoms with Gasteiger partial charge in [0.1, 0.15) is 6.04 Å². The number of nitrogens with zero attached hydrogens (tertiary/aromatic N) is 1. The van der Waals surface area contributed by atoms with Gasteiger partial charge in [-0.05, 0) is 30.2 Å². The summed E-state index contributed by atoms with van der Waals surface area (Å²) in [6.45, 7) is 3.76. The fraction of sp³-hybridized carbons (Fsp3) is 0.300. The van der Waals surface area contributed by atoms with Crippen LogP contribution in [0.25, 0.3) is 0 Å².